The Hall–Kier alpha value is -2.21. The van der Waals surface area contributed by atoms with Gasteiger partial charge in [0, 0.05) is 4.88 Å². The molecule has 3 rings (SSSR count). The van der Waals surface area contributed by atoms with E-state index < -0.39 is 11.7 Å². The maximum atomic E-state index is 13.5. The van der Waals surface area contributed by atoms with Crippen LogP contribution >= 0.6 is 11.3 Å². The van der Waals surface area contributed by atoms with Gasteiger partial charge in [0.1, 0.15) is 5.82 Å². The third kappa shape index (κ3) is 3.01. The predicted octanol–water partition coefficient (Wildman–Crippen LogP) is 2.84. The highest BCUT2D eigenvalue weighted by Gasteiger charge is 2.18. The Morgan fingerprint density at radius 2 is 1.77 bits per heavy atom. The van der Waals surface area contributed by atoms with E-state index in [1.807, 2.05) is 6.07 Å². The molecule has 4 nitrogen and oxygen atoms in total. The molecule has 0 saturated carbocycles. The van der Waals surface area contributed by atoms with Crippen LogP contribution in [0.4, 0.5) is 4.39 Å². The monoisotopic (exact) mass is 318 g/mol. The number of hydrogen-bond acceptors (Lipinski definition) is 3. The molecule has 0 bridgehead atoms. The van der Waals surface area contributed by atoms with Crippen molar-refractivity contribution in [2.45, 2.75) is 25.7 Å². The Bertz CT molecular complexity index is 703. The summed E-state index contributed by atoms with van der Waals surface area (Å²) in [6.07, 6.45) is 4.31. The van der Waals surface area contributed by atoms with Crippen LogP contribution in [0.15, 0.2) is 30.3 Å². The zero-order chi connectivity index (χ0) is 15.5. The minimum absolute atomic E-state index is 0.103. The van der Waals surface area contributed by atoms with Gasteiger partial charge in [0.2, 0.25) is 0 Å². The minimum atomic E-state index is -0.673. The van der Waals surface area contributed by atoms with Crippen molar-refractivity contribution in [3.05, 3.63) is 57.0 Å². The molecule has 6 heteroatoms. The summed E-state index contributed by atoms with van der Waals surface area (Å²) >= 11 is 1.46. The summed E-state index contributed by atoms with van der Waals surface area (Å²) in [4.78, 5) is 25.7. The van der Waals surface area contributed by atoms with Crippen LogP contribution in [0.1, 0.15) is 43.3 Å². The lowest BCUT2D eigenvalue weighted by atomic mass is 9.99. The van der Waals surface area contributed by atoms with E-state index in [0.29, 0.717) is 4.88 Å². The molecular weight excluding hydrogens is 303 g/mol. The van der Waals surface area contributed by atoms with Crippen molar-refractivity contribution in [3.63, 3.8) is 0 Å². The fourth-order valence-electron chi connectivity index (χ4n) is 2.49. The summed E-state index contributed by atoms with van der Waals surface area (Å²) in [5.74, 6) is -1.67. The standard InChI is InChI=1S/C16H15FN2O2S/c17-12-7-3-2-6-11(12)15(20)18-19-16(21)14-9-10-5-1-4-8-13(10)22-14/h2-3,6-7,9H,1,4-5,8H2,(H,18,20)(H,19,21). The number of benzene rings is 1. The highest BCUT2D eigenvalue weighted by Crippen LogP contribution is 2.29. The van der Waals surface area contributed by atoms with E-state index in [4.69, 9.17) is 0 Å². The van der Waals surface area contributed by atoms with Crippen molar-refractivity contribution in [1.29, 1.82) is 0 Å². The molecule has 0 radical (unpaired) electrons. The summed E-state index contributed by atoms with van der Waals surface area (Å²) in [5.41, 5.74) is 5.71. The van der Waals surface area contributed by atoms with E-state index in [1.54, 1.807) is 6.07 Å². The van der Waals surface area contributed by atoms with E-state index in [9.17, 15) is 14.0 Å². The van der Waals surface area contributed by atoms with Gasteiger partial charge in [-0.25, -0.2) is 4.39 Å². The molecule has 2 amide bonds. The van der Waals surface area contributed by atoms with Gasteiger partial charge in [-0.15, -0.1) is 11.3 Å². The van der Waals surface area contributed by atoms with Crippen LogP contribution in [0.3, 0.4) is 0 Å². The second-order valence-electron chi connectivity index (χ2n) is 5.15. The van der Waals surface area contributed by atoms with Crippen LogP contribution in [0.5, 0.6) is 0 Å². The van der Waals surface area contributed by atoms with Crippen molar-refractivity contribution in [2.75, 3.05) is 0 Å². The number of rotatable bonds is 2. The first-order chi connectivity index (χ1) is 10.6. The molecule has 114 valence electrons. The summed E-state index contributed by atoms with van der Waals surface area (Å²) in [6, 6.07) is 7.50. The highest BCUT2D eigenvalue weighted by molar-refractivity contribution is 7.14. The molecular formula is C16H15FN2O2S. The number of carbonyl (C=O) groups is 2. The molecule has 1 aromatic heterocycles. The van der Waals surface area contributed by atoms with Crippen LogP contribution in [-0.2, 0) is 12.8 Å². The number of halogens is 1. The van der Waals surface area contributed by atoms with Crippen LogP contribution in [-0.4, -0.2) is 11.8 Å². The van der Waals surface area contributed by atoms with Gasteiger partial charge in [-0.3, -0.25) is 20.4 Å². The largest absolute Gasteiger partial charge is 0.279 e. The number of thiophene rings is 1. The second-order valence-corrected chi connectivity index (χ2v) is 6.29. The molecule has 0 spiro atoms. The minimum Gasteiger partial charge on any atom is -0.267 e. The number of fused-ring (bicyclic) bond motifs is 1. The Balaban J connectivity index is 1.64. The van der Waals surface area contributed by atoms with Crippen LogP contribution < -0.4 is 10.9 Å². The number of hydrogen-bond donors (Lipinski definition) is 2. The van der Waals surface area contributed by atoms with Crippen LogP contribution in [0, 0.1) is 5.82 Å². The molecule has 0 atom stereocenters. The van der Waals surface area contributed by atoms with Gasteiger partial charge in [-0.2, -0.15) is 0 Å². The first-order valence-electron chi connectivity index (χ1n) is 7.12. The van der Waals surface area contributed by atoms with Gasteiger partial charge in [-0.05, 0) is 49.4 Å². The van der Waals surface area contributed by atoms with Gasteiger partial charge in [0.15, 0.2) is 0 Å². The molecule has 1 heterocycles. The Labute approximate surface area is 131 Å². The molecule has 1 aliphatic carbocycles. The van der Waals surface area contributed by atoms with E-state index in [2.05, 4.69) is 10.9 Å². The molecule has 2 aromatic rings. The summed E-state index contributed by atoms with van der Waals surface area (Å²) < 4.78 is 13.5. The Kier molecular flexibility index (Phi) is 4.20. The summed E-state index contributed by atoms with van der Waals surface area (Å²) in [7, 11) is 0. The second kappa shape index (κ2) is 6.27. The van der Waals surface area contributed by atoms with E-state index in [0.717, 1.165) is 25.7 Å². The third-order valence-corrected chi connectivity index (χ3v) is 4.86. The number of hydrazine groups is 1. The molecule has 0 saturated heterocycles. The van der Waals surface area contributed by atoms with Crippen LogP contribution in [0.25, 0.3) is 0 Å². The smallest absolute Gasteiger partial charge is 0.267 e. The average molecular weight is 318 g/mol. The van der Waals surface area contributed by atoms with Crippen molar-refractivity contribution < 1.29 is 14.0 Å². The maximum Gasteiger partial charge on any atom is 0.279 e. The van der Waals surface area contributed by atoms with E-state index >= 15 is 0 Å². The first-order valence-corrected chi connectivity index (χ1v) is 7.93. The molecule has 2 N–H and O–H groups in total. The third-order valence-electron chi connectivity index (χ3n) is 3.63. The molecule has 0 fully saturated rings. The van der Waals surface area contributed by atoms with Crippen molar-refractivity contribution in [3.8, 4) is 0 Å². The first kappa shape index (κ1) is 14.7. The lowest BCUT2D eigenvalue weighted by molar-refractivity contribution is 0.0846. The van der Waals surface area contributed by atoms with Crippen molar-refractivity contribution in [1.82, 2.24) is 10.9 Å². The van der Waals surface area contributed by atoms with Crippen molar-refractivity contribution in [2.24, 2.45) is 0 Å². The topological polar surface area (TPSA) is 58.2 Å². The van der Waals surface area contributed by atoms with Gasteiger partial charge >= 0.3 is 0 Å². The normalized spacial score (nSPS) is 13.3. The molecule has 0 aliphatic heterocycles. The molecule has 1 aromatic carbocycles. The van der Waals surface area contributed by atoms with Crippen molar-refractivity contribution >= 4 is 23.2 Å². The van der Waals surface area contributed by atoms with E-state index in [-0.39, 0.29) is 11.5 Å². The average Bonchev–Trinajstić information content (AvgIpc) is 2.97. The molecule has 22 heavy (non-hydrogen) atoms. The predicted molar refractivity (Wildman–Crippen MR) is 82.3 cm³/mol. The SMILES string of the molecule is O=C(NNC(=O)c1ccccc1F)c1cc2c(s1)CCCC2. The van der Waals surface area contributed by atoms with Gasteiger partial charge < -0.3 is 0 Å². The van der Waals surface area contributed by atoms with E-state index in [1.165, 1.54) is 40.0 Å². The zero-order valence-electron chi connectivity index (χ0n) is 11.8. The van der Waals surface area contributed by atoms with Gasteiger partial charge in [0.05, 0.1) is 10.4 Å². The molecule has 0 unspecified atom stereocenters. The van der Waals surface area contributed by atoms with Crippen LogP contribution in [0.2, 0.25) is 0 Å². The lowest BCUT2D eigenvalue weighted by Gasteiger charge is -2.08. The summed E-state index contributed by atoms with van der Waals surface area (Å²) in [5, 5.41) is 0. The maximum absolute atomic E-state index is 13.5. The molecule has 1 aliphatic rings. The fourth-order valence-corrected chi connectivity index (χ4v) is 3.64. The highest BCUT2D eigenvalue weighted by atomic mass is 32.1. The Morgan fingerprint density at radius 1 is 1.05 bits per heavy atom. The summed E-state index contributed by atoms with van der Waals surface area (Å²) in [6.45, 7) is 0. The number of nitrogens with one attached hydrogen (secondary N) is 2. The number of amides is 2. The van der Waals surface area contributed by atoms with Gasteiger partial charge in [0.25, 0.3) is 11.8 Å². The quantitative estimate of drug-likeness (QED) is 0.837. The Morgan fingerprint density at radius 3 is 2.55 bits per heavy atom. The van der Waals surface area contributed by atoms with Gasteiger partial charge in [-0.1, -0.05) is 12.1 Å². The zero-order valence-corrected chi connectivity index (χ0v) is 12.6. The number of aryl methyl sites for hydroxylation is 2. The number of carbonyl (C=O) groups excluding carboxylic acids is 2. The fraction of sp³-hybridized carbons (Fsp3) is 0.250. The lowest BCUT2D eigenvalue weighted by Crippen LogP contribution is -2.41.